The van der Waals surface area contributed by atoms with Crippen LogP contribution in [0.4, 0.5) is 5.00 Å². The third kappa shape index (κ3) is 4.29. The standard InChI is InChI=1S/C13H17N3O5S/c1-5-6(2)22-12(15-7(3)17)10(5)11(19)16-8(13(20)21)4-9(14)18/h8H,4H2,1-3H3,(H2,14,18)(H,15,17)(H,16,19)(H,20,21). The predicted molar refractivity (Wildman–Crippen MR) is 80.8 cm³/mol. The number of rotatable bonds is 6. The molecule has 1 heterocycles. The molecule has 5 N–H and O–H groups in total. The third-order valence-electron chi connectivity index (χ3n) is 2.91. The van der Waals surface area contributed by atoms with Crippen LogP contribution in [0.5, 0.6) is 0 Å². The molecule has 3 amide bonds. The molecule has 1 rings (SSSR count). The van der Waals surface area contributed by atoms with Crippen LogP contribution in [0.2, 0.25) is 0 Å². The van der Waals surface area contributed by atoms with Gasteiger partial charge < -0.3 is 21.5 Å². The summed E-state index contributed by atoms with van der Waals surface area (Å²) >= 11 is 1.22. The Kier molecular flexibility index (Phi) is 5.63. The molecule has 0 spiro atoms. The van der Waals surface area contributed by atoms with Gasteiger partial charge in [0.2, 0.25) is 11.8 Å². The number of anilines is 1. The summed E-state index contributed by atoms with van der Waals surface area (Å²) in [6, 6.07) is -1.42. The minimum atomic E-state index is -1.42. The van der Waals surface area contributed by atoms with E-state index in [2.05, 4.69) is 10.6 Å². The Labute approximate surface area is 130 Å². The predicted octanol–water partition coefficient (Wildman–Crippen LogP) is 0.382. The lowest BCUT2D eigenvalue weighted by atomic mass is 10.1. The van der Waals surface area contributed by atoms with Crippen LogP contribution in [0.1, 0.15) is 34.1 Å². The van der Waals surface area contributed by atoms with Crippen molar-refractivity contribution in [2.24, 2.45) is 5.73 Å². The number of nitrogens with two attached hydrogens (primary N) is 1. The molecule has 8 nitrogen and oxygen atoms in total. The first kappa shape index (κ1) is 17.6. The molecule has 0 bridgehead atoms. The molecule has 1 aromatic heterocycles. The number of carboxylic acids is 1. The first-order chi connectivity index (χ1) is 10.1. The molecule has 9 heteroatoms. The highest BCUT2D eigenvalue weighted by molar-refractivity contribution is 7.16. The highest BCUT2D eigenvalue weighted by Crippen LogP contribution is 2.32. The monoisotopic (exact) mass is 327 g/mol. The number of aryl methyl sites for hydroxylation is 1. The van der Waals surface area contributed by atoms with Crippen molar-refractivity contribution in [3.63, 3.8) is 0 Å². The molecule has 1 aromatic rings. The quantitative estimate of drug-likeness (QED) is 0.598. The molecule has 0 aromatic carbocycles. The number of amides is 3. The summed E-state index contributed by atoms with van der Waals surface area (Å²) in [5.74, 6) is -3.23. The van der Waals surface area contributed by atoms with Gasteiger partial charge in [-0.05, 0) is 19.4 Å². The molecule has 0 saturated heterocycles. The van der Waals surface area contributed by atoms with Crippen molar-refractivity contribution in [2.75, 3.05) is 5.32 Å². The van der Waals surface area contributed by atoms with E-state index in [-0.39, 0.29) is 11.5 Å². The summed E-state index contributed by atoms with van der Waals surface area (Å²) in [5.41, 5.74) is 5.79. The molecule has 22 heavy (non-hydrogen) atoms. The Balaban J connectivity index is 3.08. The summed E-state index contributed by atoms with van der Waals surface area (Å²) < 4.78 is 0. The third-order valence-corrected chi connectivity index (χ3v) is 4.03. The fourth-order valence-electron chi connectivity index (χ4n) is 1.78. The molecule has 0 fully saturated rings. The molecule has 120 valence electrons. The zero-order valence-corrected chi connectivity index (χ0v) is 13.2. The average Bonchev–Trinajstić information content (AvgIpc) is 2.62. The van der Waals surface area contributed by atoms with Gasteiger partial charge in [0.05, 0.1) is 12.0 Å². The minimum absolute atomic E-state index is 0.188. The van der Waals surface area contributed by atoms with Gasteiger partial charge in [0, 0.05) is 11.8 Å². The molecule has 0 aliphatic heterocycles. The Bertz CT molecular complexity index is 638. The number of thiophene rings is 1. The van der Waals surface area contributed by atoms with Crippen molar-refractivity contribution in [1.82, 2.24) is 5.32 Å². The highest BCUT2D eigenvalue weighted by Gasteiger charge is 2.26. The maximum absolute atomic E-state index is 12.3. The van der Waals surface area contributed by atoms with Crippen molar-refractivity contribution in [3.8, 4) is 0 Å². The van der Waals surface area contributed by atoms with Crippen LogP contribution in [0.15, 0.2) is 0 Å². The Hall–Kier alpha value is -2.42. The van der Waals surface area contributed by atoms with Gasteiger partial charge in [0.25, 0.3) is 5.91 Å². The van der Waals surface area contributed by atoms with Gasteiger partial charge in [0.15, 0.2) is 0 Å². The fraction of sp³-hybridized carbons (Fsp3) is 0.385. The summed E-state index contributed by atoms with van der Waals surface area (Å²) in [6.07, 6.45) is -0.515. The van der Waals surface area contributed by atoms with Crippen LogP contribution in [-0.2, 0) is 14.4 Å². The molecule has 1 atom stereocenters. The molecular formula is C13H17N3O5S. The number of primary amides is 1. The second-order valence-corrected chi connectivity index (χ2v) is 5.93. The van der Waals surface area contributed by atoms with Gasteiger partial charge in [-0.3, -0.25) is 14.4 Å². The molecular weight excluding hydrogens is 310 g/mol. The molecule has 0 radical (unpaired) electrons. The van der Waals surface area contributed by atoms with E-state index in [9.17, 15) is 19.2 Å². The van der Waals surface area contributed by atoms with Crippen LogP contribution in [0.25, 0.3) is 0 Å². The van der Waals surface area contributed by atoms with E-state index < -0.39 is 30.2 Å². The van der Waals surface area contributed by atoms with E-state index in [4.69, 9.17) is 10.8 Å². The van der Waals surface area contributed by atoms with E-state index in [1.165, 1.54) is 18.3 Å². The Morgan fingerprint density at radius 3 is 2.32 bits per heavy atom. The van der Waals surface area contributed by atoms with Crippen molar-refractivity contribution < 1.29 is 24.3 Å². The summed E-state index contributed by atoms with van der Waals surface area (Å²) in [4.78, 5) is 46.2. The van der Waals surface area contributed by atoms with E-state index in [1.807, 2.05) is 0 Å². The lowest BCUT2D eigenvalue weighted by Crippen LogP contribution is -2.43. The van der Waals surface area contributed by atoms with Gasteiger partial charge >= 0.3 is 5.97 Å². The molecule has 0 aliphatic carbocycles. The highest BCUT2D eigenvalue weighted by atomic mass is 32.1. The smallest absolute Gasteiger partial charge is 0.326 e. The van der Waals surface area contributed by atoms with E-state index in [0.717, 1.165) is 4.88 Å². The lowest BCUT2D eigenvalue weighted by molar-refractivity contribution is -0.140. The van der Waals surface area contributed by atoms with Gasteiger partial charge in [0.1, 0.15) is 11.0 Å². The number of carbonyl (C=O) groups excluding carboxylic acids is 3. The van der Waals surface area contributed by atoms with E-state index >= 15 is 0 Å². The van der Waals surface area contributed by atoms with Crippen molar-refractivity contribution in [3.05, 3.63) is 16.0 Å². The second-order valence-electron chi connectivity index (χ2n) is 4.70. The van der Waals surface area contributed by atoms with Gasteiger partial charge in [-0.15, -0.1) is 11.3 Å². The topological polar surface area (TPSA) is 139 Å². The number of nitrogens with one attached hydrogen (secondary N) is 2. The number of hydrogen-bond acceptors (Lipinski definition) is 5. The van der Waals surface area contributed by atoms with Gasteiger partial charge in [-0.1, -0.05) is 0 Å². The largest absolute Gasteiger partial charge is 0.480 e. The SMILES string of the molecule is CC(=O)Nc1sc(C)c(C)c1C(=O)NC(CC(N)=O)C(=O)O. The van der Waals surface area contributed by atoms with Crippen LogP contribution in [-0.4, -0.2) is 34.8 Å². The zero-order chi connectivity index (χ0) is 17.0. The normalized spacial score (nSPS) is 11.6. The van der Waals surface area contributed by atoms with Crippen molar-refractivity contribution in [1.29, 1.82) is 0 Å². The zero-order valence-electron chi connectivity index (χ0n) is 12.4. The maximum atomic E-state index is 12.3. The lowest BCUT2D eigenvalue weighted by Gasteiger charge is -2.14. The van der Waals surface area contributed by atoms with E-state index in [1.54, 1.807) is 13.8 Å². The molecule has 0 saturated carbocycles. The molecule has 0 aliphatic rings. The van der Waals surface area contributed by atoms with Gasteiger partial charge in [-0.2, -0.15) is 0 Å². The van der Waals surface area contributed by atoms with Gasteiger partial charge in [-0.25, -0.2) is 4.79 Å². The van der Waals surface area contributed by atoms with Crippen LogP contribution >= 0.6 is 11.3 Å². The van der Waals surface area contributed by atoms with Crippen molar-refractivity contribution in [2.45, 2.75) is 33.2 Å². The first-order valence-corrected chi connectivity index (χ1v) is 7.14. The number of carbonyl (C=O) groups is 4. The minimum Gasteiger partial charge on any atom is -0.480 e. The number of aliphatic carboxylic acids is 1. The number of hydrogen-bond donors (Lipinski definition) is 4. The second kappa shape index (κ2) is 7.03. The average molecular weight is 327 g/mol. The van der Waals surface area contributed by atoms with Crippen LogP contribution in [0, 0.1) is 13.8 Å². The summed E-state index contributed by atoms with van der Waals surface area (Å²) in [5, 5.41) is 14.1. The van der Waals surface area contributed by atoms with Crippen molar-refractivity contribution >= 4 is 40.0 Å². The first-order valence-electron chi connectivity index (χ1n) is 6.33. The van der Waals surface area contributed by atoms with Crippen LogP contribution in [0.3, 0.4) is 0 Å². The molecule has 1 unspecified atom stereocenters. The van der Waals surface area contributed by atoms with E-state index in [0.29, 0.717) is 10.6 Å². The Morgan fingerprint density at radius 1 is 1.27 bits per heavy atom. The maximum Gasteiger partial charge on any atom is 0.326 e. The van der Waals surface area contributed by atoms with Crippen LogP contribution < -0.4 is 16.4 Å². The Morgan fingerprint density at radius 2 is 1.86 bits per heavy atom. The number of carboxylic acid groups (broad SMARTS) is 1. The fourth-order valence-corrected chi connectivity index (χ4v) is 2.88. The summed E-state index contributed by atoms with van der Waals surface area (Å²) in [7, 11) is 0. The summed E-state index contributed by atoms with van der Waals surface area (Å²) in [6.45, 7) is 4.77.